The highest BCUT2D eigenvalue weighted by atomic mass is 16.2. The van der Waals surface area contributed by atoms with Crippen LogP contribution in [0.1, 0.15) is 28.8 Å². The fraction of sp³-hybridized carbons (Fsp3) is 0.333. The number of imide groups is 1. The summed E-state index contributed by atoms with van der Waals surface area (Å²) >= 11 is 0. The number of para-hydroxylation sites is 1. The minimum Gasteiger partial charge on any atom is -0.387 e. The molecule has 1 fully saturated rings. The number of rotatable bonds is 4. The summed E-state index contributed by atoms with van der Waals surface area (Å²) in [5.74, 6) is -1.10. The third-order valence-electron chi connectivity index (χ3n) is 3.73. The quantitative estimate of drug-likeness (QED) is 0.560. The number of anilines is 1. The number of likely N-dealkylation sites (N-methyl/N-ethyl adjacent to an activating group) is 1. The van der Waals surface area contributed by atoms with Crippen molar-refractivity contribution < 1.29 is 14.4 Å². The Morgan fingerprint density at radius 1 is 1.45 bits per heavy atom. The average molecular weight is 302 g/mol. The molecule has 1 unspecified atom stereocenters. The van der Waals surface area contributed by atoms with Crippen molar-refractivity contribution in [2.75, 3.05) is 19.4 Å². The van der Waals surface area contributed by atoms with Crippen LogP contribution in [0, 0.1) is 5.41 Å². The van der Waals surface area contributed by atoms with Crippen molar-refractivity contribution in [1.29, 1.82) is 5.41 Å². The second-order valence-electron chi connectivity index (χ2n) is 5.05. The van der Waals surface area contributed by atoms with Gasteiger partial charge in [-0.25, -0.2) is 0 Å². The molecule has 1 aliphatic heterocycles. The molecule has 3 amide bonds. The van der Waals surface area contributed by atoms with Gasteiger partial charge in [0.1, 0.15) is 6.04 Å². The molecule has 1 aromatic rings. The fourth-order valence-corrected chi connectivity index (χ4v) is 2.53. The van der Waals surface area contributed by atoms with E-state index in [2.05, 4.69) is 10.6 Å². The van der Waals surface area contributed by atoms with E-state index in [9.17, 15) is 14.4 Å². The molecule has 0 aliphatic carbocycles. The van der Waals surface area contributed by atoms with Gasteiger partial charge in [0, 0.05) is 32.3 Å². The summed E-state index contributed by atoms with van der Waals surface area (Å²) in [6.45, 7) is 0. The Balaban J connectivity index is 2.30. The van der Waals surface area contributed by atoms with Crippen LogP contribution in [-0.2, 0) is 9.59 Å². The number of nitrogens with one attached hydrogen (secondary N) is 3. The Labute approximate surface area is 128 Å². The summed E-state index contributed by atoms with van der Waals surface area (Å²) in [5, 5.41) is 12.6. The number of amides is 3. The second kappa shape index (κ2) is 6.38. The fourth-order valence-electron chi connectivity index (χ4n) is 2.53. The molecule has 0 aromatic heterocycles. The van der Waals surface area contributed by atoms with Crippen molar-refractivity contribution in [1.82, 2.24) is 10.2 Å². The molecule has 1 aliphatic rings. The predicted molar refractivity (Wildman–Crippen MR) is 82.1 cm³/mol. The van der Waals surface area contributed by atoms with Gasteiger partial charge in [-0.15, -0.1) is 0 Å². The molecule has 0 spiro atoms. The number of carbonyl (C=O) groups is 3. The standard InChI is InChI=1S/C15H18N4O3/c1-17-13-9(8-16)4-3-5-10(13)15(22)19(2)11-6-7-12(20)18-14(11)21/h3-5,8,11,16-17H,6-7H2,1-2H3,(H,18,20,21). The number of hydrogen-bond acceptors (Lipinski definition) is 5. The van der Waals surface area contributed by atoms with E-state index in [4.69, 9.17) is 5.41 Å². The van der Waals surface area contributed by atoms with E-state index >= 15 is 0 Å². The van der Waals surface area contributed by atoms with Gasteiger partial charge in [-0.05, 0) is 12.5 Å². The minimum absolute atomic E-state index is 0.216. The van der Waals surface area contributed by atoms with Crippen molar-refractivity contribution in [3.8, 4) is 0 Å². The van der Waals surface area contributed by atoms with Gasteiger partial charge in [-0.1, -0.05) is 12.1 Å². The van der Waals surface area contributed by atoms with Gasteiger partial charge in [0.25, 0.3) is 5.91 Å². The van der Waals surface area contributed by atoms with Crippen LogP contribution in [-0.4, -0.2) is 49.0 Å². The van der Waals surface area contributed by atoms with Gasteiger partial charge in [0.15, 0.2) is 0 Å². The van der Waals surface area contributed by atoms with Crippen LogP contribution in [0.25, 0.3) is 0 Å². The maximum atomic E-state index is 12.7. The van der Waals surface area contributed by atoms with Crippen LogP contribution in [0.2, 0.25) is 0 Å². The highest BCUT2D eigenvalue weighted by molar-refractivity contribution is 6.07. The SMILES string of the molecule is CNc1c(C=N)cccc1C(=O)N(C)C1CCC(=O)NC1=O. The zero-order valence-electron chi connectivity index (χ0n) is 12.5. The lowest BCUT2D eigenvalue weighted by atomic mass is 10.0. The molecule has 1 atom stereocenters. The molecule has 1 heterocycles. The van der Waals surface area contributed by atoms with Gasteiger partial charge in [-0.2, -0.15) is 0 Å². The Morgan fingerprint density at radius 3 is 2.77 bits per heavy atom. The zero-order chi connectivity index (χ0) is 16.3. The first-order valence-electron chi connectivity index (χ1n) is 6.91. The van der Waals surface area contributed by atoms with Crippen molar-refractivity contribution in [2.24, 2.45) is 0 Å². The van der Waals surface area contributed by atoms with Crippen LogP contribution in [0.15, 0.2) is 18.2 Å². The van der Waals surface area contributed by atoms with Crippen molar-refractivity contribution >= 4 is 29.6 Å². The first kappa shape index (κ1) is 15.7. The summed E-state index contributed by atoms with van der Waals surface area (Å²) in [5.41, 5.74) is 1.52. The topological polar surface area (TPSA) is 102 Å². The third-order valence-corrected chi connectivity index (χ3v) is 3.73. The molecule has 0 saturated carbocycles. The predicted octanol–water partition coefficient (Wildman–Crippen LogP) is 0.603. The molecule has 0 radical (unpaired) electrons. The molecule has 116 valence electrons. The lowest BCUT2D eigenvalue weighted by Gasteiger charge is -2.30. The van der Waals surface area contributed by atoms with Crippen molar-refractivity contribution in [3.05, 3.63) is 29.3 Å². The molecule has 7 nitrogen and oxygen atoms in total. The van der Waals surface area contributed by atoms with Gasteiger partial charge in [0.2, 0.25) is 11.8 Å². The van der Waals surface area contributed by atoms with Crippen LogP contribution < -0.4 is 10.6 Å². The van der Waals surface area contributed by atoms with E-state index in [0.717, 1.165) is 6.21 Å². The largest absolute Gasteiger partial charge is 0.387 e. The molecule has 1 saturated heterocycles. The van der Waals surface area contributed by atoms with Crippen LogP contribution in [0.4, 0.5) is 5.69 Å². The summed E-state index contributed by atoms with van der Waals surface area (Å²) in [4.78, 5) is 37.1. The van der Waals surface area contributed by atoms with Crippen LogP contribution in [0.3, 0.4) is 0 Å². The lowest BCUT2D eigenvalue weighted by molar-refractivity contribution is -0.136. The Hall–Kier alpha value is -2.70. The highest BCUT2D eigenvalue weighted by Crippen LogP contribution is 2.22. The monoisotopic (exact) mass is 302 g/mol. The molecule has 22 heavy (non-hydrogen) atoms. The summed E-state index contributed by atoms with van der Waals surface area (Å²) in [7, 11) is 3.21. The maximum absolute atomic E-state index is 12.7. The lowest BCUT2D eigenvalue weighted by Crippen LogP contribution is -2.52. The van der Waals surface area contributed by atoms with E-state index in [1.165, 1.54) is 4.90 Å². The van der Waals surface area contributed by atoms with Gasteiger partial charge >= 0.3 is 0 Å². The van der Waals surface area contributed by atoms with Crippen LogP contribution >= 0.6 is 0 Å². The molecule has 0 bridgehead atoms. The number of hydrogen-bond donors (Lipinski definition) is 3. The summed E-state index contributed by atoms with van der Waals surface area (Å²) in [6.07, 6.45) is 1.69. The zero-order valence-corrected chi connectivity index (χ0v) is 12.5. The first-order chi connectivity index (χ1) is 10.5. The summed E-state index contributed by atoms with van der Waals surface area (Å²) in [6, 6.07) is 4.39. The smallest absolute Gasteiger partial charge is 0.256 e. The highest BCUT2D eigenvalue weighted by Gasteiger charge is 2.33. The van der Waals surface area contributed by atoms with E-state index in [1.807, 2.05) is 0 Å². The Bertz CT molecular complexity index is 642. The maximum Gasteiger partial charge on any atom is 0.256 e. The number of piperidine rings is 1. The number of carbonyl (C=O) groups excluding carboxylic acids is 3. The normalized spacial score (nSPS) is 17.6. The first-order valence-corrected chi connectivity index (χ1v) is 6.91. The van der Waals surface area contributed by atoms with E-state index < -0.39 is 11.9 Å². The van der Waals surface area contributed by atoms with Gasteiger partial charge in [0.05, 0.1) is 11.3 Å². The summed E-state index contributed by atoms with van der Waals surface area (Å²) < 4.78 is 0. The number of benzene rings is 1. The van der Waals surface area contributed by atoms with E-state index in [1.54, 1.807) is 32.3 Å². The van der Waals surface area contributed by atoms with Crippen molar-refractivity contribution in [3.63, 3.8) is 0 Å². The molecule has 3 N–H and O–H groups in total. The van der Waals surface area contributed by atoms with E-state index in [-0.39, 0.29) is 18.2 Å². The Morgan fingerprint density at radius 2 is 2.18 bits per heavy atom. The van der Waals surface area contributed by atoms with Crippen LogP contribution in [0.5, 0.6) is 0 Å². The van der Waals surface area contributed by atoms with Crippen molar-refractivity contribution in [2.45, 2.75) is 18.9 Å². The minimum atomic E-state index is -0.668. The average Bonchev–Trinajstić information content (AvgIpc) is 2.52. The van der Waals surface area contributed by atoms with Gasteiger partial charge in [-0.3, -0.25) is 19.7 Å². The second-order valence-corrected chi connectivity index (χ2v) is 5.05. The molecule has 2 rings (SSSR count). The van der Waals surface area contributed by atoms with E-state index in [0.29, 0.717) is 23.2 Å². The molecule has 7 heteroatoms. The molecular weight excluding hydrogens is 284 g/mol. The molecule has 1 aromatic carbocycles. The Kier molecular flexibility index (Phi) is 4.55. The molecular formula is C15H18N4O3. The van der Waals surface area contributed by atoms with Gasteiger partial charge < -0.3 is 15.6 Å². The number of nitrogens with zero attached hydrogens (tertiary/aromatic N) is 1. The third kappa shape index (κ3) is 2.83.